The van der Waals surface area contributed by atoms with E-state index in [0.717, 1.165) is 5.56 Å². The number of amides is 1. The average Bonchev–Trinajstić information content (AvgIpc) is 2.83. The largest absolute Gasteiger partial charge is 0.459 e. The maximum absolute atomic E-state index is 12.7. The Morgan fingerprint density at radius 1 is 1.29 bits per heavy atom. The van der Waals surface area contributed by atoms with E-state index in [4.69, 9.17) is 4.42 Å². The van der Waals surface area contributed by atoms with Gasteiger partial charge in [0.1, 0.15) is 5.82 Å². The smallest absolute Gasteiger partial charge is 0.287 e. The molecule has 2 rings (SSSR count). The van der Waals surface area contributed by atoms with E-state index < -0.39 is 0 Å². The molecule has 1 amide bonds. The molecule has 17 heavy (non-hydrogen) atoms. The number of hydrogen-bond acceptors (Lipinski definition) is 2. The van der Waals surface area contributed by atoms with Gasteiger partial charge in [-0.05, 0) is 36.8 Å². The van der Waals surface area contributed by atoms with E-state index >= 15 is 0 Å². The number of carbonyl (C=O) groups is 1. The summed E-state index contributed by atoms with van der Waals surface area (Å²) in [6.07, 6.45) is 1.44. The Morgan fingerprint density at radius 3 is 2.59 bits per heavy atom. The topological polar surface area (TPSA) is 42.2 Å². The van der Waals surface area contributed by atoms with E-state index in [1.54, 1.807) is 24.3 Å². The Morgan fingerprint density at radius 2 is 2.00 bits per heavy atom. The van der Waals surface area contributed by atoms with E-state index in [1.807, 2.05) is 6.92 Å². The van der Waals surface area contributed by atoms with Gasteiger partial charge in [-0.25, -0.2) is 4.39 Å². The maximum atomic E-state index is 12.7. The first kappa shape index (κ1) is 11.4. The first-order chi connectivity index (χ1) is 8.16. The predicted molar refractivity (Wildman–Crippen MR) is 61.0 cm³/mol. The first-order valence-corrected chi connectivity index (χ1v) is 5.26. The molecule has 0 saturated heterocycles. The fourth-order valence-corrected chi connectivity index (χ4v) is 1.51. The maximum Gasteiger partial charge on any atom is 0.287 e. The zero-order valence-corrected chi connectivity index (χ0v) is 9.31. The monoisotopic (exact) mass is 233 g/mol. The molecule has 2 aromatic rings. The molecule has 0 aliphatic carbocycles. The third-order valence-electron chi connectivity index (χ3n) is 2.46. The first-order valence-electron chi connectivity index (χ1n) is 5.26. The number of halogens is 1. The second-order valence-electron chi connectivity index (χ2n) is 3.72. The standard InChI is InChI=1S/C13H12FNO2/c1-9(10-4-6-11(14)7-5-10)15-13(16)12-3-2-8-17-12/h2-9H,1H3,(H,15,16)/t9-/m0/s1. The number of rotatable bonds is 3. The van der Waals surface area contributed by atoms with E-state index in [9.17, 15) is 9.18 Å². The number of hydrogen-bond donors (Lipinski definition) is 1. The van der Waals surface area contributed by atoms with Crippen LogP contribution in [-0.4, -0.2) is 5.91 Å². The second-order valence-corrected chi connectivity index (χ2v) is 3.72. The highest BCUT2D eigenvalue weighted by molar-refractivity contribution is 5.91. The lowest BCUT2D eigenvalue weighted by Gasteiger charge is -2.13. The van der Waals surface area contributed by atoms with E-state index in [2.05, 4.69) is 5.32 Å². The highest BCUT2D eigenvalue weighted by Crippen LogP contribution is 2.13. The fourth-order valence-electron chi connectivity index (χ4n) is 1.51. The van der Waals surface area contributed by atoms with Crippen LogP contribution >= 0.6 is 0 Å². The van der Waals surface area contributed by atoms with Crippen molar-refractivity contribution in [2.75, 3.05) is 0 Å². The molecule has 0 aliphatic rings. The number of nitrogens with one attached hydrogen (secondary N) is 1. The van der Waals surface area contributed by atoms with Gasteiger partial charge in [-0.15, -0.1) is 0 Å². The normalized spacial score (nSPS) is 12.1. The lowest BCUT2D eigenvalue weighted by Crippen LogP contribution is -2.26. The minimum Gasteiger partial charge on any atom is -0.459 e. The minimum atomic E-state index is -0.293. The molecule has 1 heterocycles. The van der Waals surface area contributed by atoms with Crippen LogP contribution in [0.15, 0.2) is 47.1 Å². The zero-order chi connectivity index (χ0) is 12.3. The van der Waals surface area contributed by atoms with Crippen LogP contribution in [0.4, 0.5) is 4.39 Å². The summed E-state index contributed by atoms with van der Waals surface area (Å²) in [5.74, 6) is -0.316. The third-order valence-corrected chi connectivity index (χ3v) is 2.46. The summed E-state index contributed by atoms with van der Waals surface area (Å²) in [6, 6.07) is 9.05. The summed E-state index contributed by atoms with van der Waals surface area (Å²) >= 11 is 0. The van der Waals surface area contributed by atoms with Gasteiger partial charge in [-0.1, -0.05) is 12.1 Å². The molecule has 88 valence electrons. The summed E-state index contributed by atoms with van der Waals surface area (Å²) in [6.45, 7) is 1.83. The van der Waals surface area contributed by atoms with Crippen molar-refractivity contribution >= 4 is 5.91 Å². The summed E-state index contributed by atoms with van der Waals surface area (Å²) in [7, 11) is 0. The van der Waals surface area contributed by atoms with Crippen molar-refractivity contribution < 1.29 is 13.6 Å². The molecule has 0 aliphatic heterocycles. The Balaban J connectivity index is 2.04. The molecule has 0 spiro atoms. The van der Waals surface area contributed by atoms with Gasteiger partial charge in [0.05, 0.1) is 12.3 Å². The van der Waals surface area contributed by atoms with Gasteiger partial charge < -0.3 is 9.73 Å². The van der Waals surface area contributed by atoms with Crippen LogP contribution in [0.1, 0.15) is 29.1 Å². The molecule has 0 radical (unpaired) electrons. The molecule has 4 heteroatoms. The second kappa shape index (κ2) is 4.82. The number of furan rings is 1. The van der Waals surface area contributed by atoms with Gasteiger partial charge in [0.25, 0.3) is 5.91 Å². The molecule has 0 bridgehead atoms. The molecule has 1 aromatic heterocycles. The van der Waals surface area contributed by atoms with Gasteiger partial charge in [0.15, 0.2) is 5.76 Å². The molecule has 0 saturated carbocycles. The van der Waals surface area contributed by atoms with E-state index in [0.29, 0.717) is 0 Å². The van der Waals surface area contributed by atoms with Gasteiger partial charge in [0.2, 0.25) is 0 Å². The molecule has 0 unspecified atom stereocenters. The van der Waals surface area contributed by atoms with Crippen molar-refractivity contribution in [1.29, 1.82) is 0 Å². The SMILES string of the molecule is C[C@H](NC(=O)c1ccco1)c1ccc(F)cc1. The average molecular weight is 233 g/mol. The van der Waals surface area contributed by atoms with Gasteiger partial charge in [-0.3, -0.25) is 4.79 Å². The molecule has 1 atom stereocenters. The van der Waals surface area contributed by atoms with Crippen LogP contribution in [0.5, 0.6) is 0 Å². The predicted octanol–water partition coefficient (Wildman–Crippen LogP) is 2.91. The fraction of sp³-hybridized carbons (Fsp3) is 0.154. The number of benzene rings is 1. The van der Waals surface area contributed by atoms with Crippen molar-refractivity contribution in [3.05, 3.63) is 59.8 Å². The third kappa shape index (κ3) is 2.72. The molecule has 0 fully saturated rings. The van der Waals surface area contributed by atoms with Crippen molar-refractivity contribution in [1.82, 2.24) is 5.32 Å². The Bertz CT molecular complexity index is 491. The van der Waals surface area contributed by atoms with Crippen LogP contribution in [0.2, 0.25) is 0 Å². The number of carbonyl (C=O) groups excluding carboxylic acids is 1. The van der Waals surface area contributed by atoms with Crippen LogP contribution in [0, 0.1) is 5.82 Å². The van der Waals surface area contributed by atoms with Crippen LogP contribution in [0.3, 0.4) is 0 Å². The summed E-state index contributed by atoms with van der Waals surface area (Å²) in [5, 5.41) is 2.76. The van der Waals surface area contributed by atoms with Crippen molar-refractivity contribution in [3.63, 3.8) is 0 Å². The van der Waals surface area contributed by atoms with Crippen molar-refractivity contribution in [3.8, 4) is 0 Å². The lowest BCUT2D eigenvalue weighted by molar-refractivity contribution is 0.0912. The van der Waals surface area contributed by atoms with E-state index in [1.165, 1.54) is 18.4 Å². The summed E-state index contributed by atoms with van der Waals surface area (Å²) in [4.78, 5) is 11.7. The zero-order valence-electron chi connectivity index (χ0n) is 9.31. The molecular formula is C13H12FNO2. The van der Waals surface area contributed by atoms with Gasteiger partial charge >= 0.3 is 0 Å². The highest BCUT2D eigenvalue weighted by atomic mass is 19.1. The molecule has 1 N–H and O–H groups in total. The van der Waals surface area contributed by atoms with Gasteiger partial charge in [-0.2, -0.15) is 0 Å². The molecular weight excluding hydrogens is 221 g/mol. The minimum absolute atomic E-state index is 0.201. The van der Waals surface area contributed by atoms with E-state index in [-0.39, 0.29) is 23.5 Å². The molecule has 3 nitrogen and oxygen atoms in total. The quantitative estimate of drug-likeness (QED) is 0.885. The Kier molecular flexibility index (Phi) is 3.23. The van der Waals surface area contributed by atoms with Crippen LogP contribution in [0.25, 0.3) is 0 Å². The lowest BCUT2D eigenvalue weighted by atomic mass is 10.1. The van der Waals surface area contributed by atoms with Crippen LogP contribution in [-0.2, 0) is 0 Å². The summed E-state index contributed by atoms with van der Waals surface area (Å²) < 4.78 is 17.7. The Labute approximate surface area is 98.3 Å². The van der Waals surface area contributed by atoms with Gasteiger partial charge in [0, 0.05) is 0 Å². The van der Waals surface area contributed by atoms with Crippen molar-refractivity contribution in [2.45, 2.75) is 13.0 Å². The molecule has 1 aromatic carbocycles. The highest BCUT2D eigenvalue weighted by Gasteiger charge is 2.13. The summed E-state index contributed by atoms with van der Waals surface area (Å²) in [5.41, 5.74) is 0.839. The van der Waals surface area contributed by atoms with Crippen molar-refractivity contribution in [2.24, 2.45) is 0 Å². The van der Waals surface area contributed by atoms with Crippen LogP contribution < -0.4 is 5.32 Å². The Hall–Kier alpha value is -2.10.